The van der Waals surface area contributed by atoms with Gasteiger partial charge in [0.2, 0.25) is 5.91 Å². The second kappa shape index (κ2) is 8.97. The van der Waals surface area contributed by atoms with E-state index in [9.17, 15) is 18.0 Å². The van der Waals surface area contributed by atoms with Crippen molar-refractivity contribution in [2.45, 2.75) is 32.0 Å². The number of imidazole rings is 1. The highest BCUT2D eigenvalue weighted by Crippen LogP contribution is 2.36. The van der Waals surface area contributed by atoms with Crippen LogP contribution in [0.25, 0.3) is 44.6 Å². The molecule has 39 heavy (non-hydrogen) atoms. The number of oxazole rings is 1. The number of nitrogens with zero attached hydrogens (tertiary/aromatic N) is 4. The van der Waals surface area contributed by atoms with Gasteiger partial charge in [-0.1, -0.05) is 30.3 Å². The molecule has 198 valence electrons. The lowest BCUT2D eigenvalue weighted by Crippen LogP contribution is -2.30. The summed E-state index contributed by atoms with van der Waals surface area (Å²) in [4.78, 5) is 23.4. The molecule has 1 aliphatic carbocycles. The van der Waals surface area contributed by atoms with E-state index in [2.05, 4.69) is 9.97 Å². The third kappa shape index (κ3) is 4.45. The summed E-state index contributed by atoms with van der Waals surface area (Å²) in [5.41, 5.74) is 4.49. The minimum atomic E-state index is -4.44. The van der Waals surface area contributed by atoms with Gasteiger partial charge in [-0.15, -0.1) is 0 Å². The van der Waals surface area contributed by atoms with Crippen molar-refractivity contribution in [1.82, 2.24) is 19.4 Å². The number of hydrogen-bond donors (Lipinski definition) is 0. The first-order valence-electron chi connectivity index (χ1n) is 13.1. The first-order chi connectivity index (χ1) is 18.8. The van der Waals surface area contributed by atoms with Crippen molar-refractivity contribution in [1.29, 1.82) is 0 Å². The Morgan fingerprint density at radius 2 is 1.69 bits per heavy atom. The van der Waals surface area contributed by atoms with Crippen molar-refractivity contribution in [2.75, 3.05) is 13.1 Å². The minimum Gasteiger partial charge on any atom is -0.443 e. The van der Waals surface area contributed by atoms with E-state index in [1.165, 1.54) is 12.5 Å². The van der Waals surface area contributed by atoms with Crippen LogP contribution in [0.3, 0.4) is 0 Å². The Bertz CT molecular complexity index is 1700. The van der Waals surface area contributed by atoms with Crippen LogP contribution in [0.15, 0.2) is 71.5 Å². The minimum absolute atomic E-state index is 0.178. The number of benzene rings is 3. The maximum Gasteiger partial charge on any atom is 0.416 e. The van der Waals surface area contributed by atoms with Crippen LogP contribution in [0.5, 0.6) is 0 Å². The van der Waals surface area contributed by atoms with Gasteiger partial charge in [0.15, 0.2) is 12.0 Å². The molecular weight excluding hydrogens is 505 g/mol. The Hall–Kier alpha value is -4.14. The molecule has 2 aliphatic rings. The molecule has 1 saturated heterocycles. The van der Waals surface area contributed by atoms with Gasteiger partial charge in [-0.2, -0.15) is 13.2 Å². The molecule has 2 fully saturated rings. The lowest BCUT2D eigenvalue weighted by atomic mass is 10.0. The van der Waals surface area contributed by atoms with Crippen LogP contribution in [0.2, 0.25) is 0 Å². The Kier molecular flexibility index (Phi) is 5.50. The molecule has 5 aromatic rings. The van der Waals surface area contributed by atoms with Crippen molar-refractivity contribution in [3.05, 3.63) is 72.6 Å². The number of amides is 1. The van der Waals surface area contributed by atoms with Gasteiger partial charge in [0, 0.05) is 31.1 Å². The molecule has 9 heteroatoms. The molecule has 1 atom stereocenters. The van der Waals surface area contributed by atoms with E-state index in [1.807, 2.05) is 51.9 Å². The molecule has 0 bridgehead atoms. The van der Waals surface area contributed by atoms with Crippen molar-refractivity contribution >= 4 is 28.0 Å². The summed E-state index contributed by atoms with van der Waals surface area (Å²) in [5, 5.41) is 0. The summed E-state index contributed by atoms with van der Waals surface area (Å²) in [5.74, 6) is 1.24. The maximum atomic E-state index is 13.5. The maximum absolute atomic E-state index is 13.5. The molecule has 7 rings (SSSR count). The monoisotopic (exact) mass is 530 g/mol. The summed E-state index contributed by atoms with van der Waals surface area (Å²) >= 11 is 0. The third-order valence-corrected chi connectivity index (χ3v) is 7.85. The van der Waals surface area contributed by atoms with Crippen molar-refractivity contribution < 1.29 is 22.4 Å². The zero-order chi connectivity index (χ0) is 26.7. The highest BCUT2D eigenvalue weighted by atomic mass is 19.4. The van der Waals surface area contributed by atoms with Crippen LogP contribution in [0.4, 0.5) is 13.2 Å². The predicted octanol–water partition coefficient (Wildman–Crippen LogP) is 6.79. The lowest BCUT2D eigenvalue weighted by Gasteiger charge is -2.18. The van der Waals surface area contributed by atoms with Crippen LogP contribution in [-0.2, 0) is 17.5 Å². The normalized spacial score (nSPS) is 17.9. The fourth-order valence-corrected chi connectivity index (χ4v) is 5.59. The molecule has 3 heterocycles. The van der Waals surface area contributed by atoms with Gasteiger partial charge in [0.25, 0.3) is 0 Å². The van der Waals surface area contributed by atoms with Gasteiger partial charge in [0.1, 0.15) is 11.3 Å². The molecule has 1 aliphatic heterocycles. The molecule has 0 spiro atoms. The van der Waals surface area contributed by atoms with Crippen LogP contribution >= 0.6 is 0 Å². The number of likely N-dealkylation sites (tertiary alicyclic amines) is 1. The first kappa shape index (κ1) is 23.9. The zero-order valence-electron chi connectivity index (χ0n) is 21.0. The van der Waals surface area contributed by atoms with Gasteiger partial charge in [-0.3, -0.25) is 4.79 Å². The molecule has 1 saturated carbocycles. The van der Waals surface area contributed by atoms with Crippen LogP contribution in [0.1, 0.15) is 24.8 Å². The van der Waals surface area contributed by atoms with E-state index in [1.54, 1.807) is 0 Å². The van der Waals surface area contributed by atoms with Crippen molar-refractivity contribution in [3.63, 3.8) is 0 Å². The molecule has 3 aromatic carbocycles. The van der Waals surface area contributed by atoms with Gasteiger partial charge in [0.05, 0.1) is 16.6 Å². The number of carbonyl (C=O) groups excluding carboxylic acids is 1. The number of halogens is 3. The van der Waals surface area contributed by atoms with E-state index in [0.29, 0.717) is 35.5 Å². The quantitative estimate of drug-likeness (QED) is 0.251. The molecule has 2 aromatic heterocycles. The van der Waals surface area contributed by atoms with E-state index in [0.717, 1.165) is 60.1 Å². The summed E-state index contributed by atoms with van der Waals surface area (Å²) in [7, 11) is 0. The Balaban J connectivity index is 1.24. The Morgan fingerprint density at radius 1 is 0.923 bits per heavy atom. The van der Waals surface area contributed by atoms with Crippen LogP contribution in [-0.4, -0.2) is 38.4 Å². The number of alkyl halides is 3. The van der Waals surface area contributed by atoms with Crippen LogP contribution < -0.4 is 0 Å². The second-order valence-corrected chi connectivity index (χ2v) is 10.6. The fourth-order valence-electron chi connectivity index (χ4n) is 5.59. The fraction of sp³-hybridized carbons (Fsp3) is 0.300. The van der Waals surface area contributed by atoms with Crippen molar-refractivity contribution in [2.24, 2.45) is 11.8 Å². The van der Waals surface area contributed by atoms with Gasteiger partial charge in [-0.25, -0.2) is 9.97 Å². The van der Waals surface area contributed by atoms with Gasteiger partial charge in [-0.05, 0) is 66.6 Å². The molecule has 1 amide bonds. The van der Waals surface area contributed by atoms with E-state index in [-0.39, 0.29) is 17.7 Å². The topological polar surface area (TPSA) is 64.2 Å². The molecule has 0 radical (unpaired) electrons. The molecule has 1 unspecified atom stereocenters. The number of hydrogen-bond acceptors (Lipinski definition) is 4. The van der Waals surface area contributed by atoms with E-state index >= 15 is 0 Å². The molecule has 6 nitrogen and oxygen atoms in total. The number of fused-ring (bicyclic) bond motifs is 2. The van der Waals surface area contributed by atoms with Gasteiger partial charge < -0.3 is 13.9 Å². The second-order valence-electron chi connectivity index (χ2n) is 10.6. The number of carbonyl (C=O) groups is 1. The summed E-state index contributed by atoms with van der Waals surface area (Å²) in [6.07, 6.45) is -0.224. The summed E-state index contributed by atoms with van der Waals surface area (Å²) in [6.45, 7) is 1.97. The number of aromatic nitrogens is 3. The zero-order valence-corrected chi connectivity index (χ0v) is 21.0. The Labute approximate surface area is 222 Å². The predicted molar refractivity (Wildman–Crippen MR) is 141 cm³/mol. The third-order valence-electron chi connectivity index (χ3n) is 7.85. The molecule has 0 N–H and O–H groups in total. The average Bonchev–Trinajstić information content (AvgIpc) is 3.33. The highest BCUT2D eigenvalue weighted by Gasteiger charge is 2.37. The highest BCUT2D eigenvalue weighted by molar-refractivity contribution is 5.84. The van der Waals surface area contributed by atoms with Crippen molar-refractivity contribution in [3.8, 4) is 22.5 Å². The summed E-state index contributed by atoms with van der Waals surface area (Å²) < 4.78 is 47.8. The van der Waals surface area contributed by atoms with E-state index in [4.69, 9.17) is 4.42 Å². The largest absolute Gasteiger partial charge is 0.443 e. The Morgan fingerprint density at radius 3 is 2.46 bits per heavy atom. The lowest BCUT2D eigenvalue weighted by molar-refractivity contribution is -0.137. The molecular formula is C30H25F3N4O2. The van der Waals surface area contributed by atoms with E-state index < -0.39 is 11.7 Å². The summed E-state index contributed by atoms with van der Waals surface area (Å²) in [6, 6.07) is 17.4. The first-order valence-corrected chi connectivity index (χ1v) is 13.1. The standard InChI is InChI=1S/C30H25F3N4O2/c31-30(32,33)23-8-10-26-25(14-23)35-28(37(26)16-18-11-12-36(15-18)29(38)21-5-6-21)20-3-1-19(2-4-20)22-7-9-24-27(13-22)39-17-34-24/h1-4,7-10,13-14,17-18,21H,5-6,11-12,15-16H2. The average molecular weight is 531 g/mol. The van der Waals surface area contributed by atoms with Crippen LogP contribution in [0, 0.1) is 11.8 Å². The number of rotatable bonds is 5. The van der Waals surface area contributed by atoms with Gasteiger partial charge >= 0.3 is 6.18 Å². The smallest absolute Gasteiger partial charge is 0.416 e. The SMILES string of the molecule is O=C(C1CC1)N1CCC(Cn2c(-c3ccc(-c4ccc5ncoc5c4)cc3)nc3cc(C(F)(F)F)ccc32)C1.